The lowest BCUT2D eigenvalue weighted by atomic mass is 10.3. The monoisotopic (exact) mass is 384 g/mol. The molecule has 0 aliphatic carbocycles. The fourth-order valence-electron chi connectivity index (χ4n) is 2.00. The van der Waals surface area contributed by atoms with Crippen LogP contribution in [0.2, 0.25) is 0 Å². The standard InChI is InChI=1S/C13H17BrN6O3/c1-3-18-8-11(20(22)23)12(17-18)13(21)15-5-4-6-19-7-10(14)9(2)16-19/h7-8H,3-6H2,1-2H3,(H,15,21). The van der Waals surface area contributed by atoms with Gasteiger partial charge >= 0.3 is 5.69 Å². The highest BCUT2D eigenvalue weighted by Gasteiger charge is 2.24. The van der Waals surface area contributed by atoms with E-state index < -0.39 is 10.8 Å². The Morgan fingerprint density at radius 2 is 2.13 bits per heavy atom. The SMILES string of the molecule is CCn1cc([N+](=O)[O-])c(C(=O)NCCCn2cc(Br)c(C)n2)n1. The van der Waals surface area contributed by atoms with Crippen LogP contribution >= 0.6 is 15.9 Å². The Morgan fingerprint density at radius 1 is 1.39 bits per heavy atom. The topological polar surface area (TPSA) is 108 Å². The molecule has 0 fully saturated rings. The quantitative estimate of drug-likeness (QED) is 0.445. The predicted molar refractivity (Wildman–Crippen MR) is 86.2 cm³/mol. The number of rotatable bonds is 7. The Kier molecular flexibility index (Phi) is 5.48. The highest BCUT2D eigenvalue weighted by Crippen LogP contribution is 2.16. The summed E-state index contributed by atoms with van der Waals surface area (Å²) in [6.07, 6.45) is 3.78. The second-order valence-corrected chi connectivity index (χ2v) is 5.77. The zero-order valence-corrected chi connectivity index (χ0v) is 14.4. The summed E-state index contributed by atoms with van der Waals surface area (Å²) in [6.45, 7) is 5.17. The van der Waals surface area contributed by atoms with Crippen LogP contribution in [0.15, 0.2) is 16.9 Å². The van der Waals surface area contributed by atoms with E-state index in [2.05, 4.69) is 31.4 Å². The van der Waals surface area contributed by atoms with Crippen LogP contribution in [-0.2, 0) is 13.1 Å². The van der Waals surface area contributed by atoms with E-state index in [0.717, 1.165) is 10.2 Å². The van der Waals surface area contributed by atoms with Crippen molar-refractivity contribution in [3.05, 3.63) is 38.4 Å². The van der Waals surface area contributed by atoms with Crippen molar-refractivity contribution in [2.75, 3.05) is 6.54 Å². The van der Waals surface area contributed by atoms with Gasteiger partial charge in [0.2, 0.25) is 5.69 Å². The molecule has 2 heterocycles. The van der Waals surface area contributed by atoms with Crippen molar-refractivity contribution in [3.8, 4) is 0 Å². The van der Waals surface area contributed by atoms with E-state index in [9.17, 15) is 14.9 Å². The Balaban J connectivity index is 1.89. The number of hydrogen-bond acceptors (Lipinski definition) is 5. The summed E-state index contributed by atoms with van der Waals surface area (Å²) < 4.78 is 4.08. The van der Waals surface area contributed by atoms with Gasteiger partial charge in [0.05, 0.1) is 15.1 Å². The molecule has 1 amide bonds. The molecule has 0 radical (unpaired) electrons. The van der Waals surface area contributed by atoms with E-state index in [-0.39, 0.29) is 11.4 Å². The molecule has 2 aromatic rings. The Hall–Kier alpha value is -2.23. The first-order chi connectivity index (χ1) is 10.9. The normalized spacial score (nSPS) is 10.7. The number of aromatic nitrogens is 4. The molecule has 2 rings (SSSR count). The van der Waals surface area contributed by atoms with Crippen LogP contribution in [-0.4, -0.2) is 36.9 Å². The van der Waals surface area contributed by atoms with Gasteiger partial charge in [0, 0.05) is 25.8 Å². The molecule has 0 spiro atoms. The number of halogens is 1. The second-order valence-electron chi connectivity index (χ2n) is 4.91. The van der Waals surface area contributed by atoms with Gasteiger partial charge < -0.3 is 5.32 Å². The number of nitrogens with one attached hydrogen (secondary N) is 1. The van der Waals surface area contributed by atoms with E-state index in [0.29, 0.717) is 26.1 Å². The zero-order chi connectivity index (χ0) is 17.0. The summed E-state index contributed by atoms with van der Waals surface area (Å²) in [6, 6.07) is 0. The first-order valence-electron chi connectivity index (χ1n) is 7.12. The number of aryl methyl sites for hydroxylation is 3. The van der Waals surface area contributed by atoms with Crippen LogP contribution in [0.25, 0.3) is 0 Å². The molecule has 0 aromatic carbocycles. The van der Waals surface area contributed by atoms with Gasteiger partial charge in [-0.05, 0) is 36.2 Å². The van der Waals surface area contributed by atoms with Crippen molar-refractivity contribution in [2.45, 2.75) is 33.4 Å². The van der Waals surface area contributed by atoms with Gasteiger partial charge in [0.1, 0.15) is 6.20 Å². The van der Waals surface area contributed by atoms with Crippen molar-refractivity contribution in [1.82, 2.24) is 24.9 Å². The average Bonchev–Trinajstić information content (AvgIpc) is 3.07. The summed E-state index contributed by atoms with van der Waals surface area (Å²) in [5, 5.41) is 21.8. The van der Waals surface area contributed by atoms with Crippen molar-refractivity contribution in [1.29, 1.82) is 0 Å². The number of carbonyl (C=O) groups is 1. The molecular formula is C13H17BrN6O3. The van der Waals surface area contributed by atoms with Gasteiger partial charge in [-0.25, -0.2) is 0 Å². The molecule has 10 heteroatoms. The van der Waals surface area contributed by atoms with E-state index >= 15 is 0 Å². The molecule has 0 aliphatic rings. The molecule has 2 aromatic heterocycles. The van der Waals surface area contributed by atoms with Gasteiger partial charge in [-0.15, -0.1) is 0 Å². The lowest BCUT2D eigenvalue weighted by Crippen LogP contribution is -2.26. The third-order valence-corrected chi connectivity index (χ3v) is 3.99. The van der Waals surface area contributed by atoms with E-state index in [1.165, 1.54) is 10.9 Å². The van der Waals surface area contributed by atoms with Gasteiger partial charge in [-0.3, -0.25) is 24.3 Å². The number of nitrogens with zero attached hydrogens (tertiary/aromatic N) is 5. The first kappa shape index (κ1) is 17.1. The minimum Gasteiger partial charge on any atom is -0.350 e. The first-order valence-corrected chi connectivity index (χ1v) is 7.91. The lowest BCUT2D eigenvalue weighted by Gasteiger charge is -2.03. The van der Waals surface area contributed by atoms with E-state index in [1.54, 1.807) is 11.6 Å². The third kappa shape index (κ3) is 4.15. The second kappa shape index (κ2) is 7.36. The van der Waals surface area contributed by atoms with Crippen molar-refractivity contribution in [2.24, 2.45) is 0 Å². The van der Waals surface area contributed by atoms with Crippen LogP contribution in [0, 0.1) is 17.0 Å². The Bertz CT molecular complexity index is 704. The lowest BCUT2D eigenvalue weighted by molar-refractivity contribution is -0.385. The highest BCUT2D eigenvalue weighted by molar-refractivity contribution is 9.10. The number of nitro groups is 1. The number of amides is 1. The summed E-state index contributed by atoms with van der Waals surface area (Å²) in [4.78, 5) is 22.4. The molecule has 0 aliphatic heterocycles. The van der Waals surface area contributed by atoms with Gasteiger partial charge in [0.15, 0.2) is 0 Å². The molecule has 124 valence electrons. The molecule has 0 unspecified atom stereocenters. The van der Waals surface area contributed by atoms with E-state index in [4.69, 9.17) is 0 Å². The van der Waals surface area contributed by atoms with Crippen LogP contribution in [0.4, 0.5) is 5.69 Å². The fraction of sp³-hybridized carbons (Fsp3) is 0.462. The molecule has 1 N–H and O–H groups in total. The van der Waals surface area contributed by atoms with Crippen LogP contribution in [0.1, 0.15) is 29.5 Å². The van der Waals surface area contributed by atoms with Gasteiger partial charge in [0.25, 0.3) is 5.91 Å². The minimum atomic E-state index is -0.599. The summed E-state index contributed by atoms with van der Waals surface area (Å²) in [5.74, 6) is -0.540. The van der Waals surface area contributed by atoms with E-state index in [1.807, 2.05) is 13.1 Å². The summed E-state index contributed by atoms with van der Waals surface area (Å²) >= 11 is 3.38. The molecule has 0 saturated carbocycles. The van der Waals surface area contributed by atoms with Gasteiger partial charge in [-0.1, -0.05) is 0 Å². The van der Waals surface area contributed by atoms with Crippen LogP contribution in [0.3, 0.4) is 0 Å². The molecule has 23 heavy (non-hydrogen) atoms. The fourth-order valence-corrected chi connectivity index (χ4v) is 2.32. The maximum absolute atomic E-state index is 12.0. The summed E-state index contributed by atoms with van der Waals surface area (Å²) in [7, 11) is 0. The van der Waals surface area contributed by atoms with Crippen molar-refractivity contribution >= 4 is 27.5 Å². The predicted octanol–water partition coefficient (Wildman–Crippen LogP) is 1.90. The number of carbonyl (C=O) groups excluding carboxylic acids is 1. The Morgan fingerprint density at radius 3 is 2.70 bits per heavy atom. The number of hydrogen-bond donors (Lipinski definition) is 1. The molecule has 9 nitrogen and oxygen atoms in total. The molecular weight excluding hydrogens is 368 g/mol. The highest BCUT2D eigenvalue weighted by atomic mass is 79.9. The van der Waals surface area contributed by atoms with Crippen LogP contribution in [0.5, 0.6) is 0 Å². The largest absolute Gasteiger partial charge is 0.350 e. The molecule has 0 atom stereocenters. The van der Waals surface area contributed by atoms with Crippen molar-refractivity contribution < 1.29 is 9.72 Å². The van der Waals surface area contributed by atoms with Crippen LogP contribution < -0.4 is 5.32 Å². The molecule has 0 saturated heterocycles. The molecule has 0 bridgehead atoms. The minimum absolute atomic E-state index is 0.158. The maximum atomic E-state index is 12.0. The average molecular weight is 385 g/mol. The smallest absolute Gasteiger partial charge is 0.320 e. The Labute approximate surface area is 140 Å². The zero-order valence-electron chi connectivity index (χ0n) is 12.8. The summed E-state index contributed by atoms with van der Waals surface area (Å²) in [5.41, 5.74) is 0.459. The maximum Gasteiger partial charge on any atom is 0.320 e. The third-order valence-electron chi connectivity index (χ3n) is 3.21. The van der Waals surface area contributed by atoms with Crippen molar-refractivity contribution in [3.63, 3.8) is 0 Å². The van der Waals surface area contributed by atoms with Gasteiger partial charge in [-0.2, -0.15) is 10.2 Å².